The summed E-state index contributed by atoms with van der Waals surface area (Å²) in [6.45, 7) is 3.74. The summed E-state index contributed by atoms with van der Waals surface area (Å²) in [4.78, 5) is 21.0. The van der Waals surface area contributed by atoms with E-state index in [9.17, 15) is 4.79 Å². The molecule has 5 heteroatoms. The van der Waals surface area contributed by atoms with Crippen molar-refractivity contribution in [3.63, 3.8) is 0 Å². The number of hydrogen-bond donors (Lipinski definition) is 0. The standard InChI is InChI=1S/C18H19N3OS/c1-13-5-2-8-17-19-14(11-18(22)21(13)17)12-20-9-3-6-15(20)16-7-4-10-23-16/h2,4-5,7-8,10-11,15H,3,6,9,12H2,1H3/t15-/m0/s1. The highest BCUT2D eigenvalue weighted by Gasteiger charge is 2.27. The van der Waals surface area contributed by atoms with Crippen molar-refractivity contribution in [3.8, 4) is 0 Å². The summed E-state index contributed by atoms with van der Waals surface area (Å²) < 4.78 is 1.67. The van der Waals surface area contributed by atoms with Gasteiger partial charge >= 0.3 is 0 Å². The number of nitrogens with zero attached hydrogens (tertiary/aromatic N) is 3. The molecule has 0 N–H and O–H groups in total. The van der Waals surface area contributed by atoms with Crippen LogP contribution in [-0.2, 0) is 6.54 Å². The fraction of sp³-hybridized carbons (Fsp3) is 0.333. The van der Waals surface area contributed by atoms with Crippen molar-refractivity contribution < 1.29 is 0 Å². The summed E-state index contributed by atoms with van der Waals surface area (Å²) in [6, 6.07) is 12.3. The highest BCUT2D eigenvalue weighted by molar-refractivity contribution is 7.10. The van der Waals surface area contributed by atoms with Crippen molar-refractivity contribution in [3.05, 3.63) is 68.4 Å². The average molecular weight is 325 g/mol. The Kier molecular flexibility index (Phi) is 3.75. The minimum atomic E-state index is 0.00923. The Morgan fingerprint density at radius 2 is 2.22 bits per heavy atom. The molecule has 0 aliphatic carbocycles. The predicted octanol–water partition coefficient (Wildman–Crippen LogP) is 3.40. The van der Waals surface area contributed by atoms with E-state index in [0.717, 1.165) is 30.1 Å². The van der Waals surface area contributed by atoms with Crippen molar-refractivity contribution in [2.24, 2.45) is 0 Å². The summed E-state index contributed by atoms with van der Waals surface area (Å²) in [6.07, 6.45) is 2.39. The van der Waals surface area contributed by atoms with E-state index in [1.54, 1.807) is 10.5 Å². The number of aromatic nitrogens is 2. The Labute approximate surface area is 139 Å². The van der Waals surface area contributed by atoms with Gasteiger partial charge in [-0.25, -0.2) is 4.98 Å². The lowest BCUT2D eigenvalue weighted by Crippen LogP contribution is -2.25. The summed E-state index contributed by atoms with van der Waals surface area (Å²) in [7, 11) is 0. The molecule has 0 amide bonds. The number of pyridine rings is 1. The van der Waals surface area contributed by atoms with Gasteiger partial charge < -0.3 is 0 Å². The molecule has 3 aromatic rings. The van der Waals surface area contributed by atoms with E-state index in [0.29, 0.717) is 6.04 Å². The van der Waals surface area contributed by atoms with Gasteiger partial charge in [0, 0.05) is 29.2 Å². The van der Waals surface area contributed by atoms with Gasteiger partial charge in [0.15, 0.2) is 0 Å². The molecule has 3 aromatic heterocycles. The van der Waals surface area contributed by atoms with E-state index < -0.39 is 0 Å². The molecular formula is C18H19N3OS. The second kappa shape index (κ2) is 5.91. The van der Waals surface area contributed by atoms with Crippen LogP contribution in [0.25, 0.3) is 5.65 Å². The summed E-state index contributed by atoms with van der Waals surface area (Å²) >= 11 is 1.81. The Morgan fingerprint density at radius 1 is 1.30 bits per heavy atom. The first-order valence-electron chi connectivity index (χ1n) is 7.98. The molecule has 0 radical (unpaired) electrons. The van der Waals surface area contributed by atoms with Crippen molar-refractivity contribution in [2.45, 2.75) is 32.4 Å². The third-order valence-corrected chi connectivity index (χ3v) is 5.51. The number of thiophene rings is 1. The van der Waals surface area contributed by atoms with E-state index in [1.807, 2.05) is 36.5 Å². The molecule has 0 spiro atoms. The molecule has 1 aliphatic rings. The predicted molar refractivity (Wildman–Crippen MR) is 92.9 cm³/mol. The molecule has 0 bridgehead atoms. The summed E-state index contributed by atoms with van der Waals surface area (Å²) in [5, 5.41) is 2.13. The van der Waals surface area contributed by atoms with Crippen molar-refractivity contribution in [1.82, 2.24) is 14.3 Å². The zero-order valence-electron chi connectivity index (χ0n) is 13.1. The van der Waals surface area contributed by atoms with Gasteiger partial charge in [-0.05, 0) is 49.9 Å². The van der Waals surface area contributed by atoms with Crippen LogP contribution in [0.4, 0.5) is 0 Å². The number of likely N-dealkylation sites (tertiary alicyclic amines) is 1. The molecule has 1 aliphatic heterocycles. The third-order valence-electron chi connectivity index (χ3n) is 4.53. The van der Waals surface area contributed by atoms with Gasteiger partial charge in [0.25, 0.3) is 5.56 Å². The zero-order chi connectivity index (χ0) is 15.8. The second-order valence-electron chi connectivity index (χ2n) is 6.09. The Hall–Kier alpha value is -1.98. The Balaban J connectivity index is 1.66. The normalized spacial score (nSPS) is 18.7. The molecule has 0 aromatic carbocycles. The largest absolute Gasteiger partial charge is 0.290 e. The number of fused-ring (bicyclic) bond motifs is 1. The van der Waals surface area contributed by atoms with E-state index >= 15 is 0 Å². The third kappa shape index (κ3) is 2.71. The van der Waals surface area contributed by atoms with Crippen LogP contribution in [0.15, 0.2) is 46.6 Å². The zero-order valence-corrected chi connectivity index (χ0v) is 13.9. The van der Waals surface area contributed by atoms with E-state index in [1.165, 1.54) is 17.7 Å². The van der Waals surface area contributed by atoms with Crippen molar-refractivity contribution in [1.29, 1.82) is 0 Å². The topological polar surface area (TPSA) is 37.6 Å². The fourth-order valence-corrected chi connectivity index (χ4v) is 4.37. The first kappa shape index (κ1) is 14.6. The van der Waals surface area contributed by atoms with Gasteiger partial charge in [0.1, 0.15) is 5.65 Å². The van der Waals surface area contributed by atoms with Crippen LogP contribution >= 0.6 is 11.3 Å². The van der Waals surface area contributed by atoms with Crippen LogP contribution in [0, 0.1) is 6.92 Å². The smallest absolute Gasteiger partial charge is 0.258 e. The van der Waals surface area contributed by atoms with Crippen LogP contribution in [0.2, 0.25) is 0 Å². The van der Waals surface area contributed by atoms with Crippen LogP contribution in [0.5, 0.6) is 0 Å². The molecule has 23 heavy (non-hydrogen) atoms. The van der Waals surface area contributed by atoms with Gasteiger partial charge in [-0.2, -0.15) is 0 Å². The SMILES string of the molecule is Cc1cccc2nc(CN3CCC[C@H]3c3cccs3)cc(=O)n12. The van der Waals surface area contributed by atoms with Gasteiger partial charge in [-0.15, -0.1) is 11.3 Å². The minimum absolute atomic E-state index is 0.00923. The summed E-state index contributed by atoms with van der Waals surface area (Å²) in [5.74, 6) is 0. The van der Waals surface area contributed by atoms with E-state index in [2.05, 4.69) is 22.4 Å². The molecule has 0 unspecified atom stereocenters. The first-order chi connectivity index (χ1) is 11.2. The monoisotopic (exact) mass is 325 g/mol. The van der Waals surface area contributed by atoms with Crippen molar-refractivity contribution >= 4 is 17.0 Å². The van der Waals surface area contributed by atoms with E-state index in [4.69, 9.17) is 4.98 Å². The van der Waals surface area contributed by atoms with Gasteiger partial charge in [0.2, 0.25) is 0 Å². The highest BCUT2D eigenvalue weighted by Crippen LogP contribution is 2.35. The van der Waals surface area contributed by atoms with Crippen LogP contribution in [0.1, 0.15) is 35.1 Å². The highest BCUT2D eigenvalue weighted by atomic mass is 32.1. The van der Waals surface area contributed by atoms with Crippen LogP contribution < -0.4 is 5.56 Å². The molecule has 4 nitrogen and oxygen atoms in total. The lowest BCUT2D eigenvalue weighted by Gasteiger charge is -2.23. The molecule has 4 rings (SSSR count). The summed E-state index contributed by atoms with van der Waals surface area (Å²) in [5.41, 5.74) is 2.53. The number of aryl methyl sites for hydroxylation is 1. The second-order valence-corrected chi connectivity index (χ2v) is 7.07. The minimum Gasteiger partial charge on any atom is -0.290 e. The lowest BCUT2D eigenvalue weighted by molar-refractivity contribution is 0.248. The lowest BCUT2D eigenvalue weighted by atomic mass is 10.2. The maximum Gasteiger partial charge on any atom is 0.258 e. The number of rotatable bonds is 3. The fourth-order valence-electron chi connectivity index (χ4n) is 3.47. The molecule has 0 saturated carbocycles. The van der Waals surface area contributed by atoms with Gasteiger partial charge in [-0.1, -0.05) is 12.1 Å². The maximum absolute atomic E-state index is 12.4. The number of hydrogen-bond acceptors (Lipinski definition) is 4. The quantitative estimate of drug-likeness (QED) is 0.741. The van der Waals surface area contributed by atoms with Crippen LogP contribution in [-0.4, -0.2) is 20.8 Å². The molecule has 118 valence electrons. The molecule has 4 heterocycles. The first-order valence-corrected chi connectivity index (χ1v) is 8.86. The Morgan fingerprint density at radius 3 is 3.04 bits per heavy atom. The molecule has 1 saturated heterocycles. The molecule has 1 atom stereocenters. The van der Waals surface area contributed by atoms with Crippen LogP contribution in [0.3, 0.4) is 0 Å². The molecular weight excluding hydrogens is 306 g/mol. The Bertz CT molecular complexity index is 885. The van der Waals surface area contributed by atoms with Gasteiger partial charge in [0.05, 0.1) is 5.69 Å². The molecule has 1 fully saturated rings. The van der Waals surface area contributed by atoms with E-state index in [-0.39, 0.29) is 5.56 Å². The van der Waals surface area contributed by atoms with Gasteiger partial charge in [-0.3, -0.25) is 14.1 Å². The average Bonchev–Trinajstić information content (AvgIpc) is 3.17. The maximum atomic E-state index is 12.4. The van der Waals surface area contributed by atoms with Crippen molar-refractivity contribution in [2.75, 3.05) is 6.54 Å².